The van der Waals surface area contributed by atoms with Gasteiger partial charge in [-0.05, 0) is 30.7 Å². The number of aliphatic imine (C=N–C) groups is 1. The van der Waals surface area contributed by atoms with Crippen LogP contribution in [0.4, 0.5) is 4.39 Å². The molecule has 0 bridgehead atoms. The Kier molecular flexibility index (Phi) is 10.6. The molecule has 26 heavy (non-hydrogen) atoms. The Morgan fingerprint density at radius 3 is 2.65 bits per heavy atom. The van der Waals surface area contributed by atoms with Crippen LogP contribution in [0.15, 0.2) is 35.6 Å². The van der Waals surface area contributed by atoms with Crippen molar-refractivity contribution in [1.82, 2.24) is 25.4 Å². The van der Waals surface area contributed by atoms with Crippen LogP contribution in [-0.4, -0.2) is 47.5 Å². The van der Waals surface area contributed by atoms with Gasteiger partial charge in [-0.1, -0.05) is 6.92 Å². The normalized spacial score (nSPS) is 11.0. The Bertz CT molecular complexity index is 662. The maximum atomic E-state index is 12.8. The number of ether oxygens (including phenoxy) is 1. The maximum absolute atomic E-state index is 12.8. The average molecular weight is 476 g/mol. The number of benzene rings is 1. The Balaban J connectivity index is 0.00000338. The molecular formula is C17H26FIN6O. The molecule has 144 valence electrons. The Morgan fingerprint density at radius 1 is 1.23 bits per heavy atom. The fourth-order valence-corrected chi connectivity index (χ4v) is 2.25. The van der Waals surface area contributed by atoms with Crippen molar-refractivity contribution in [3.8, 4) is 5.75 Å². The number of guanidine groups is 1. The molecule has 0 aliphatic heterocycles. The summed E-state index contributed by atoms with van der Waals surface area (Å²) in [4.78, 5) is 4.19. The first-order valence-corrected chi connectivity index (χ1v) is 8.42. The molecule has 0 saturated heterocycles. The van der Waals surface area contributed by atoms with Crippen LogP contribution >= 0.6 is 24.0 Å². The number of nitrogens with one attached hydrogen (secondary N) is 2. The molecule has 0 unspecified atom stereocenters. The molecule has 1 aromatic heterocycles. The van der Waals surface area contributed by atoms with E-state index < -0.39 is 0 Å². The summed E-state index contributed by atoms with van der Waals surface area (Å²) in [6.45, 7) is 4.85. The van der Waals surface area contributed by atoms with Crippen molar-refractivity contribution in [2.75, 3.05) is 26.7 Å². The van der Waals surface area contributed by atoms with E-state index in [0.29, 0.717) is 12.4 Å². The lowest BCUT2D eigenvalue weighted by molar-refractivity contribution is 0.310. The zero-order valence-electron chi connectivity index (χ0n) is 15.1. The van der Waals surface area contributed by atoms with Crippen molar-refractivity contribution in [3.05, 3.63) is 42.2 Å². The van der Waals surface area contributed by atoms with Crippen LogP contribution in [0.25, 0.3) is 0 Å². The van der Waals surface area contributed by atoms with Crippen LogP contribution < -0.4 is 15.4 Å². The number of aromatic nitrogens is 3. The number of hydrogen-bond acceptors (Lipinski definition) is 4. The molecule has 2 N–H and O–H groups in total. The standard InChI is InChI=1S/C17H25FN6O.HI/c1-3-16-23-22-13-24(16)11-10-21-17(19-2)20-9-4-12-25-15-7-5-14(18)6-8-15;/h5-8,13H,3-4,9-12H2,1-2H3,(H2,19,20,21);1H. The zero-order valence-corrected chi connectivity index (χ0v) is 17.4. The quantitative estimate of drug-likeness (QED) is 0.251. The molecule has 0 radical (unpaired) electrons. The molecule has 0 aliphatic rings. The molecule has 2 rings (SSSR count). The van der Waals surface area contributed by atoms with Gasteiger partial charge >= 0.3 is 0 Å². The maximum Gasteiger partial charge on any atom is 0.191 e. The fourth-order valence-electron chi connectivity index (χ4n) is 2.25. The second kappa shape index (κ2) is 12.4. The second-order valence-electron chi connectivity index (χ2n) is 5.38. The Hall–Kier alpha value is -1.91. The van der Waals surface area contributed by atoms with Crippen molar-refractivity contribution in [1.29, 1.82) is 0 Å². The van der Waals surface area contributed by atoms with E-state index in [-0.39, 0.29) is 29.8 Å². The Labute approximate surface area is 170 Å². The SMILES string of the molecule is CCc1nncn1CCNC(=NC)NCCCOc1ccc(F)cc1.I. The van der Waals surface area contributed by atoms with E-state index in [1.165, 1.54) is 12.1 Å². The van der Waals surface area contributed by atoms with Gasteiger partial charge in [0.2, 0.25) is 0 Å². The van der Waals surface area contributed by atoms with E-state index in [4.69, 9.17) is 4.74 Å². The van der Waals surface area contributed by atoms with Gasteiger partial charge < -0.3 is 19.9 Å². The van der Waals surface area contributed by atoms with Gasteiger partial charge in [0.25, 0.3) is 0 Å². The number of halogens is 2. The van der Waals surface area contributed by atoms with E-state index in [0.717, 1.165) is 44.3 Å². The van der Waals surface area contributed by atoms with E-state index in [9.17, 15) is 4.39 Å². The minimum Gasteiger partial charge on any atom is -0.494 e. The van der Waals surface area contributed by atoms with Crippen molar-refractivity contribution in [3.63, 3.8) is 0 Å². The second-order valence-corrected chi connectivity index (χ2v) is 5.38. The largest absolute Gasteiger partial charge is 0.494 e. The summed E-state index contributed by atoms with van der Waals surface area (Å²) in [5.41, 5.74) is 0. The third-order valence-electron chi connectivity index (χ3n) is 3.58. The van der Waals surface area contributed by atoms with Crippen LogP contribution in [0.1, 0.15) is 19.2 Å². The molecule has 1 heterocycles. The molecular weight excluding hydrogens is 450 g/mol. The third-order valence-corrected chi connectivity index (χ3v) is 3.58. The monoisotopic (exact) mass is 476 g/mol. The summed E-state index contributed by atoms with van der Waals surface area (Å²) < 4.78 is 20.4. The van der Waals surface area contributed by atoms with Crippen molar-refractivity contribution >= 4 is 29.9 Å². The first-order chi connectivity index (χ1) is 12.2. The third kappa shape index (κ3) is 7.54. The number of hydrogen-bond donors (Lipinski definition) is 2. The molecule has 0 spiro atoms. The smallest absolute Gasteiger partial charge is 0.191 e. The van der Waals surface area contributed by atoms with Crippen molar-refractivity contribution in [2.45, 2.75) is 26.3 Å². The lowest BCUT2D eigenvalue weighted by atomic mass is 10.3. The van der Waals surface area contributed by atoms with Crippen LogP contribution in [0.3, 0.4) is 0 Å². The first-order valence-electron chi connectivity index (χ1n) is 8.42. The van der Waals surface area contributed by atoms with Gasteiger partial charge in [-0.15, -0.1) is 34.2 Å². The lowest BCUT2D eigenvalue weighted by Crippen LogP contribution is -2.39. The number of aryl methyl sites for hydroxylation is 1. The molecule has 0 amide bonds. The number of nitrogens with zero attached hydrogens (tertiary/aromatic N) is 4. The topological polar surface area (TPSA) is 76.4 Å². The van der Waals surface area contributed by atoms with Gasteiger partial charge in [-0.2, -0.15) is 0 Å². The predicted octanol–water partition coefficient (Wildman–Crippen LogP) is 2.23. The highest BCUT2D eigenvalue weighted by molar-refractivity contribution is 14.0. The highest BCUT2D eigenvalue weighted by Gasteiger charge is 2.02. The molecule has 0 aliphatic carbocycles. The summed E-state index contributed by atoms with van der Waals surface area (Å²) in [6.07, 6.45) is 3.41. The van der Waals surface area contributed by atoms with Gasteiger partial charge in [0.15, 0.2) is 5.96 Å². The van der Waals surface area contributed by atoms with Crippen LogP contribution in [-0.2, 0) is 13.0 Å². The molecule has 1 aromatic carbocycles. The zero-order chi connectivity index (χ0) is 17.9. The van der Waals surface area contributed by atoms with Gasteiger partial charge in [0.1, 0.15) is 23.7 Å². The molecule has 2 aromatic rings. The van der Waals surface area contributed by atoms with Crippen LogP contribution in [0.2, 0.25) is 0 Å². The van der Waals surface area contributed by atoms with Crippen LogP contribution in [0.5, 0.6) is 5.75 Å². The molecule has 0 atom stereocenters. The molecule has 9 heteroatoms. The summed E-state index contributed by atoms with van der Waals surface area (Å²) in [7, 11) is 1.74. The van der Waals surface area contributed by atoms with Gasteiger partial charge in [-0.3, -0.25) is 4.99 Å². The Morgan fingerprint density at radius 2 is 1.96 bits per heavy atom. The minimum absolute atomic E-state index is 0. The highest BCUT2D eigenvalue weighted by atomic mass is 127. The van der Waals surface area contributed by atoms with E-state index in [2.05, 4.69) is 32.7 Å². The average Bonchev–Trinajstić information content (AvgIpc) is 3.09. The summed E-state index contributed by atoms with van der Waals surface area (Å²) >= 11 is 0. The summed E-state index contributed by atoms with van der Waals surface area (Å²) in [5.74, 6) is 2.13. The van der Waals surface area contributed by atoms with E-state index in [1.807, 2.05) is 4.57 Å². The minimum atomic E-state index is -0.263. The lowest BCUT2D eigenvalue weighted by Gasteiger charge is -2.13. The van der Waals surface area contributed by atoms with Crippen molar-refractivity contribution < 1.29 is 9.13 Å². The number of rotatable bonds is 9. The van der Waals surface area contributed by atoms with Crippen molar-refractivity contribution in [2.24, 2.45) is 4.99 Å². The predicted molar refractivity (Wildman–Crippen MR) is 111 cm³/mol. The van der Waals surface area contributed by atoms with Gasteiger partial charge in [-0.25, -0.2) is 4.39 Å². The van der Waals surface area contributed by atoms with Gasteiger partial charge in [0, 0.05) is 33.1 Å². The van der Waals surface area contributed by atoms with E-state index in [1.54, 1.807) is 25.5 Å². The first kappa shape index (κ1) is 22.1. The fraction of sp³-hybridized carbons (Fsp3) is 0.471. The van der Waals surface area contributed by atoms with E-state index >= 15 is 0 Å². The summed E-state index contributed by atoms with van der Waals surface area (Å²) in [5, 5.41) is 14.5. The molecule has 0 saturated carbocycles. The molecule has 0 fully saturated rings. The van der Waals surface area contributed by atoms with Gasteiger partial charge in [0.05, 0.1) is 6.61 Å². The molecule has 7 nitrogen and oxygen atoms in total. The summed E-state index contributed by atoms with van der Waals surface area (Å²) in [6, 6.07) is 6.02. The highest BCUT2D eigenvalue weighted by Crippen LogP contribution is 2.10. The van der Waals surface area contributed by atoms with Crippen LogP contribution in [0, 0.1) is 5.82 Å².